The second-order valence-corrected chi connectivity index (χ2v) is 4.74. The van der Waals surface area contributed by atoms with Crippen molar-refractivity contribution in [3.63, 3.8) is 0 Å². The number of benzene rings is 1. The first-order valence-corrected chi connectivity index (χ1v) is 5.65. The van der Waals surface area contributed by atoms with Gasteiger partial charge in [-0.2, -0.15) is 0 Å². The fourth-order valence-corrected chi connectivity index (χ4v) is 1.84. The third-order valence-corrected chi connectivity index (χ3v) is 3.01. The molecule has 18 heavy (non-hydrogen) atoms. The average Bonchev–Trinajstić information content (AvgIpc) is 2.77. The SMILES string of the molecule is C[n+]1ccn(C(C)(C)C(=O)c2ccccc2)c1.[Br-]. The number of carbonyl (C=O) groups is 1. The highest BCUT2D eigenvalue weighted by atomic mass is 79.9. The summed E-state index contributed by atoms with van der Waals surface area (Å²) >= 11 is 0. The summed E-state index contributed by atoms with van der Waals surface area (Å²) in [4.78, 5) is 12.4. The summed E-state index contributed by atoms with van der Waals surface area (Å²) in [6.07, 6.45) is 5.77. The number of halogens is 1. The molecular formula is C14H17BrN2O. The van der Waals surface area contributed by atoms with Crippen LogP contribution in [0.15, 0.2) is 49.1 Å². The van der Waals surface area contributed by atoms with E-state index in [9.17, 15) is 4.79 Å². The average molecular weight is 309 g/mol. The van der Waals surface area contributed by atoms with Gasteiger partial charge in [0.05, 0.1) is 7.05 Å². The van der Waals surface area contributed by atoms with Crippen molar-refractivity contribution < 1.29 is 26.3 Å². The van der Waals surface area contributed by atoms with Crippen molar-refractivity contribution in [2.75, 3.05) is 0 Å². The zero-order valence-corrected chi connectivity index (χ0v) is 12.4. The van der Waals surface area contributed by atoms with E-state index in [1.807, 2.05) is 79.1 Å². The lowest BCUT2D eigenvalue weighted by molar-refractivity contribution is -0.671. The normalized spacial score (nSPS) is 10.8. The van der Waals surface area contributed by atoms with E-state index in [0.717, 1.165) is 5.56 Å². The molecule has 0 fully saturated rings. The molecule has 0 aliphatic carbocycles. The van der Waals surface area contributed by atoms with Gasteiger partial charge in [0.15, 0.2) is 5.54 Å². The second-order valence-electron chi connectivity index (χ2n) is 4.74. The Morgan fingerprint density at radius 2 is 1.83 bits per heavy atom. The highest BCUT2D eigenvalue weighted by Crippen LogP contribution is 2.20. The Labute approximate surface area is 118 Å². The van der Waals surface area contributed by atoms with Crippen LogP contribution in [0.1, 0.15) is 24.2 Å². The van der Waals surface area contributed by atoms with E-state index >= 15 is 0 Å². The molecule has 0 aliphatic heterocycles. The smallest absolute Gasteiger partial charge is 0.244 e. The Morgan fingerprint density at radius 3 is 2.33 bits per heavy atom. The number of hydrogen-bond acceptors (Lipinski definition) is 1. The largest absolute Gasteiger partial charge is 1.00 e. The molecule has 1 aromatic carbocycles. The molecule has 0 unspecified atom stereocenters. The van der Waals surface area contributed by atoms with Gasteiger partial charge in [-0.1, -0.05) is 30.3 Å². The number of nitrogens with zero attached hydrogens (tertiary/aromatic N) is 2. The second kappa shape index (κ2) is 5.48. The molecule has 1 aromatic heterocycles. The van der Waals surface area contributed by atoms with Crippen molar-refractivity contribution >= 4 is 5.78 Å². The fraction of sp³-hybridized carbons (Fsp3) is 0.286. The van der Waals surface area contributed by atoms with Gasteiger partial charge in [-0.25, -0.2) is 9.13 Å². The Hall–Kier alpha value is -1.42. The van der Waals surface area contributed by atoms with E-state index in [1.54, 1.807) is 0 Å². The fourth-order valence-electron chi connectivity index (χ4n) is 1.84. The molecule has 96 valence electrons. The van der Waals surface area contributed by atoms with Crippen LogP contribution in [-0.2, 0) is 12.6 Å². The van der Waals surface area contributed by atoms with E-state index in [4.69, 9.17) is 0 Å². The molecule has 3 nitrogen and oxygen atoms in total. The Kier molecular flexibility index (Phi) is 4.46. The highest BCUT2D eigenvalue weighted by Gasteiger charge is 2.34. The van der Waals surface area contributed by atoms with Crippen LogP contribution in [0.25, 0.3) is 0 Å². The molecule has 2 rings (SSSR count). The van der Waals surface area contributed by atoms with Gasteiger partial charge < -0.3 is 17.0 Å². The lowest BCUT2D eigenvalue weighted by Crippen LogP contribution is -3.00. The predicted molar refractivity (Wildman–Crippen MR) is 65.7 cm³/mol. The van der Waals surface area contributed by atoms with Crippen LogP contribution in [0.2, 0.25) is 0 Å². The first-order valence-electron chi connectivity index (χ1n) is 5.65. The van der Waals surface area contributed by atoms with Gasteiger partial charge in [0.25, 0.3) is 0 Å². The van der Waals surface area contributed by atoms with E-state index in [2.05, 4.69) is 0 Å². The molecule has 0 spiro atoms. The van der Waals surface area contributed by atoms with Gasteiger partial charge in [0.2, 0.25) is 12.1 Å². The van der Waals surface area contributed by atoms with Crippen molar-refractivity contribution in [3.8, 4) is 0 Å². The molecule has 0 saturated heterocycles. The first-order chi connectivity index (χ1) is 8.01. The number of aromatic nitrogens is 2. The van der Waals surface area contributed by atoms with Gasteiger partial charge in [-0.05, 0) is 13.8 Å². The predicted octanol–water partition coefficient (Wildman–Crippen LogP) is -1.07. The van der Waals surface area contributed by atoms with E-state index in [0.29, 0.717) is 0 Å². The maximum atomic E-state index is 12.4. The summed E-state index contributed by atoms with van der Waals surface area (Å²) in [7, 11) is 1.94. The van der Waals surface area contributed by atoms with Crippen LogP contribution in [-0.4, -0.2) is 10.4 Å². The van der Waals surface area contributed by atoms with E-state index in [1.165, 1.54) is 0 Å². The van der Waals surface area contributed by atoms with Crippen LogP contribution in [0.4, 0.5) is 0 Å². The minimum absolute atomic E-state index is 0. The number of aryl methyl sites for hydroxylation is 1. The summed E-state index contributed by atoms with van der Waals surface area (Å²) in [5.74, 6) is 0.120. The van der Waals surface area contributed by atoms with Gasteiger partial charge in [0, 0.05) is 5.56 Å². The number of rotatable bonds is 3. The maximum Gasteiger partial charge on any atom is 0.244 e. The van der Waals surface area contributed by atoms with Gasteiger partial charge in [-0.15, -0.1) is 0 Å². The van der Waals surface area contributed by atoms with Crippen molar-refractivity contribution in [2.45, 2.75) is 19.4 Å². The molecule has 0 saturated carbocycles. The standard InChI is InChI=1S/C14H17N2O.BrH/c1-14(2,16-10-9-15(3)11-16)13(17)12-7-5-4-6-8-12;/h4-11H,1-3H3;1H/q+1;/p-1. The Morgan fingerprint density at radius 1 is 1.22 bits per heavy atom. The van der Waals surface area contributed by atoms with Crippen LogP contribution in [0.5, 0.6) is 0 Å². The Bertz CT molecular complexity index is 532. The molecule has 4 heteroatoms. The van der Waals surface area contributed by atoms with Crippen molar-refractivity contribution in [1.82, 2.24) is 4.57 Å². The summed E-state index contributed by atoms with van der Waals surface area (Å²) in [5.41, 5.74) is 0.177. The lowest BCUT2D eigenvalue weighted by Gasteiger charge is -2.19. The van der Waals surface area contributed by atoms with Crippen molar-refractivity contribution in [2.24, 2.45) is 7.05 Å². The van der Waals surface area contributed by atoms with Crippen molar-refractivity contribution in [1.29, 1.82) is 0 Å². The van der Waals surface area contributed by atoms with E-state index in [-0.39, 0.29) is 22.8 Å². The summed E-state index contributed by atoms with van der Waals surface area (Å²) in [5, 5.41) is 0. The summed E-state index contributed by atoms with van der Waals surface area (Å²) < 4.78 is 3.86. The van der Waals surface area contributed by atoms with E-state index < -0.39 is 5.54 Å². The number of hydrogen-bond donors (Lipinski definition) is 0. The van der Waals surface area contributed by atoms with Gasteiger partial charge in [-0.3, -0.25) is 4.79 Å². The minimum atomic E-state index is -0.567. The molecule has 2 aromatic rings. The topological polar surface area (TPSA) is 25.9 Å². The molecule has 0 N–H and O–H groups in total. The first kappa shape index (κ1) is 14.6. The minimum Gasteiger partial charge on any atom is -1.00 e. The zero-order chi connectivity index (χ0) is 12.5. The van der Waals surface area contributed by atoms with Crippen LogP contribution in [0, 0.1) is 0 Å². The molecule has 0 bridgehead atoms. The quantitative estimate of drug-likeness (QED) is 0.524. The summed E-state index contributed by atoms with van der Waals surface area (Å²) in [6, 6.07) is 9.40. The van der Waals surface area contributed by atoms with Crippen molar-refractivity contribution in [3.05, 3.63) is 54.6 Å². The molecule has 0 atom stereocenters. The van der Waals surface area contributed by atoms with Crippen LogP contribution in [0.3, 0.4) is 0 Å². The number of Topliss-reactive ketones (excluding diaryl/α,β-unsaturated/α-hetero) is 1. The van der Waals surface area contributed by atoms with Crippen LogP contribution < -0.4 is 21.5 Å². The highest BCUT2D eigenvalue weighted by molar-refractivity contribution is 6.01. The molecule has 1 heterocycles. The molecule has 0 radical (unpaired) electrons. The third-order valence-electron chi connectivity index (χ3n) is 3.01. The molecule has 0 amide bonds. The third kappa shape index (κ3) is 2.70. The maximum absolute atomic E-state index is 12.4. The zero-order valence-electron chi connectivity index (χ0n) is 10.8. The number of imidazole rings is 1. The Balaban J connectivity index is 0.00000162. The van der Waals surface area contributed by atoms with Crippen LogP contribution >= 0.6 is 0 Å². The number of carbonyl (C=O) groups excluding carboxylic acids is 1. The van der Waals surface area contributed by atoms with Gasteiger partial charge >= 0.3 is 0 Å². The lowest BCUT2D eigenvalue weighted by atomic mass is 9.93. The summed E-state index contributed by atoms with van der Waals surface area (Å²) in [6.45, 7) is 3.87. The monoisotopic (exact) mass is 308 g/mol. The molecular weight excluding hydrogens is 292 g/mol. The van der Waals surface area contributed by atoms with Gasteiger partial charge in [0.1, 0.15) is 12.4 Å². The molecule has 0 aliphatic rings. The number of ketones is 1.